The highest BCUT2D eigenvalue weighted by Gasteiger charge is 2.50. The molecule has 10 heteroatoms. The predicted molar refractivity (Wildman–Crippen MR) is 213 cm³/mol. The molecule has 6 aromatic rings. The maximum absolute atomic E-state index is 14.6. The minimum absolute atomic E-state index is 0.0136. The van der Waals surface area contributed by atoms with E-state index < -0.39 is 25.9 Å². The molecule has 0 aromatic heterocycles. The summed E-state index contributed by atoms with van der Waals surface area (Å²) in [5.41, 5.74) is 2.03. The van der Waals surface area contributed by atoms with Crippen LogP contribution in [0.25, 0.3) is 0 Å². The van der Waals surface area contributed by atoms with Crippen LogP contribution in [0.4, 0.5) is 0 Å². The first-order chi connectivity index (χ1) is 25.8. The summed E-state index contributed by atoms with van der Waals surface area (Å²) in [7, 11) is -7.93. The Kier molecular flexibility index (Phi) is 11.6. The Labute approximate surface area is 317 Å². The van der Waals surface area contributed by atoms with E-state index in [-0.39, 0.29) is 5.92 Å². The van der Waals surface area contributed by atoms with Crippen LogP contribution in [0, 0.1) is 0 Å². The Morgan fingerprint density at radius 2 is 0.611 bits per heavy atom. The van der Waals surface area contributed by atoms with Crippen molar-refractivity contribution < 1.29 is 36.7 Å². The Balaban J connectivity index is 1.17. The van der Waals surface area contributed by atoms with Gasteiger partial charge in [-0.15, -0.1) is 0 Å². The van der Waals surface area contributed by atoms with E-state index >= 15 is 0 Å². The van der Waals surface area contributed by atoms with E-state index in [1.807, 2.05) is 72.8 Å². The standard InChI is InChI=1S/C44H44O8P2/c1-34(35-26-30-38(31-27-35)48-44(4,5)53(45,49-39-20-12-7-13-21-39)50-40-22-14-8-15-23-40)36-28-32-42(33-29-36)52-54(46,51-41-24-16-9-17-25-41)43(2,3)47-37-18-10-6-11-19-37/h6-34H,1-5H3. The molecule has 0 aliphatic heterocycles. The van der Waals surface area contributed by atoms with E-state index in [4.69, 9.17) is 27.6 Å². The molecule has 0 aliphatic rings. The third kappa shape index (κ3) is 9.20. The van der Waals surface area contributed by atoms with Crippen LogP contribution >= 0.6 is 15.2 Å². The summed E-state index contributed by atoms with van der Waals surface area (Å²) in [5, 5.41) is -2.71. The molecule has 2 atom stereocenters. The molecule has 0 aliphatic carbocycles. The van der Waals surface area contributed by atoms with E-state index in [9.17, 15) is 9.13 Å². The van der Waals surface area contributed by atoms with Gasteiger partial charge in [-0.25, -0.2) is 9.13 Å². The number of benzene rings is 6. The summed E-state index contributed by atoms with van der Waals surface area (Å²) in [6.07, 6.45) is 0. The van der Waals surface area contributed by atoms with Crippen molar-refractivity contribution in [2.24, 2.45) is 0 Å². The second-order valence-electron chi connectivity index (χ2n) is 13.6. The molecule has 6 aromatic carbocycles. The molecule has 0 radical (unpaired) electrons. The van der Waals surface area contributed by atoms with Crippen molar-refractivity contribution in [3.8, 4) is 34.5 Å². The normalized spacial score (nSPS) is 13.5. The van der Waals surface area contributed by atoms with Gasteiger partial charge < -0.3 is 27.6 Å². The molecule has 0 fully saturated rings. The summed E-state index contributed by atoms with van der Waals surface area (Å²) in [6, 6.07) is 51.0. The lowest BCUT2D eigenvalue weighted by Gasteiger charge is -2.33. The Hall–Kier alpha value is -5.42. The van der Waals surface area contributed by atoms with Gasteiger partial charge in [-0.2, -0.15) is 0 Å². The summed E-state index contributed by atoms with van der Waals surface area (Å²) >= 11 is 0. The minimum atomic E-state index is -3.98. The van der Waals surface area contributed by atoms with Crippen molar-refractivity contribution in [3.05, 3.63) is 181 Å². The SMILES string of the molecule is CC(c1ccc(OC(C)(C)P(=O)(Oc2ccccc2)Oc2ccccc2)cc1)c1ccc(OP(=O)(Oc2ccccc2)C(C)(C)Oc2ccccc2)cc1. The fourth-order valence-corrected chi connectivity index (χ4v) is 8.47. The van der Waals surface area contributed by atoms with Crippen LogP contribution in [0.3, 0.4) is 0 Å². The highest BCUT2D eigenvalue weighted by Crippen LogP contribution is 2.60. The van der Waals surface area contributed by atoms with Crippen LogP contribution in [0.2, 0.25) is 0 Å². The molecule has 278 valence electrons. The number of ether oxygens (including phenoxy) is 2. The minimum Gasteiger partial charge on any atom is -0.473 e. The second kappa shape index (κ2) is 16.3. The molecule has 2 unspecified atom stereocenters. The zero-order chi connectivity index (χ0) is 38.2. The van der Waals surface area contributed by atoms with E-state index in [1.165, 1.54) is 0 Å². The summed E-state index contributed by atoms with van der Waals surface area (Å²) in [4.78, 5) is 0. The first-order valence-corrected chi connectivity index (χ1v) is 20.7. The fourth-order valence-electron chi connectivity index (χ4n) is 5.49. The highest BCUT2D eigenvalue weighted by atomic mass is 31.2. The molecular weight excluding hydrogens is 718 g/mol. The molecule has 54 heavy (non-hydrogen) atoms. The Bertz CT molecular complexity index is 2130. The summed E-state index contributed by atoms with van der Waals surface area (Å²) in [5.74, 6) is 2.63. The number of hydrogen-bond acceptors (Lipinski definition) is 8. The zero-order valence-corrected chi connectivity index (χ0v) is 32.7. The molecule has 0 N–H and O–H groups in total. The second-order valence-corrected chi connectivity index (χ2v) is 18.4. The van der Waals surface area contributed by atoms with Gasteiger partial charge in [0.15, 0.2) is 0 Å². The van der Waals surface area contributed by atoms with Crippen molar-refractivity contribution in [2.75, 3.05) is 0 Å². The van der Waals surface area contributed by atoms with Gasteiger partial charge in [-0.05, 0) is 112 Å². The number of hydrogen-bond donors (Lipinski definition) is 0. The average molecular weight is 763 g/mol. The largest absolute Gasteiger partial charge is 0.473 e. The summed E-state index contributed by atoms with van der Waals surface area (Å²) in [6.45, 7) is 8.86. The first-order valence-electron chi connectivity index (χ1n) is 17.6. The van der Waals surface area contributed by atoms with Crippen LogP contribution in [-0.4, -0.2) is 10.7 Å². The highest BCUT2D eigenvalue weighted by molar-refractivity contribution is 7.56. The third-order valence-electron chi connectivity index (χ3n) is 8.69. The molecule has 8 nitrogen and oxygen atoms in total. The van der Waals surface area contributed by atoms with Gasteiger partial charge >= 0.3 is 15.2 Å². The van der Waals surface area contributed by atoms with Gasteiger partial charge in [0.1, 0.15) is 34.5 Å². The smallest absolute Gasteiger partial charge is 0.473 e. The molecule has 0 heterocycles. The van der Waals surface area contributed by atoms with Crippen LogP contribution in [0.5, 0.6) is 34.5 Å². The lowest BCUT2D eigenvalue weighted by Crippen LogP contribution is -2.33. The van der Waals surface area contributed by atoms with Crippen molar-refractivity contribution in [1.82, 2.24) is 0 Å². The molecular formula is C44H44O8P2. The van der Waals surface area contributed by atoms with E-state index in [0.29, 0.717) is 34.5 Å². The fraction of sp³-hybridized carbons (Fsp3) is 0.182. The van der Waals surface area contributed by atoms with E-state index in [1.54, 1.807) is 125 Å². The predicted octanol–water partition coefficient (Wildman–Crippen LogP) is 12.8. The lowest BCUT2D eigenvalue weighted by molar-refractivity contribution is 0.157. The Morgan fingerprint density at radius 3 is 0.926 bits per heavy atom. The maximum atomic E-state index is 14.6. The van der Waals surface area contributed by atoms with Crippen molar-refractivity contribution in [3.63, 3.8) is 0 Å². The van der Waals surface area contributed by atoms with Crippen molar-refractivity contribution >= 4 is 15.2 Å². The zero-order valence-electron chi connectivity index (χ0n) is 30.9. The molecule has 0 saturated carbocycles. The van der Waals surface area contributed by atoms with Crippen LogP contribution in [0.1, 0.15) is 51.7 Å². The average Bonchev–Trinajstić information content (AvgIpc) is 3.16. The molecule has 6 rings (SSSR count). The number of rotatable bonds is 16. The molecule has 0 saturated heterocycles. The van der Waals surface area contributed by atoms with E-state index in [0.717, 1.165) is 11.1 Å². The lowest BCUT2D eigenvalue weighted by atomic mass is 9.93. The van der Waals surface area contributed by atoms with Crippen LogP contribution in [0.15, 0.2) is 170 Å². The Morgan fingerprint density at radius 1 is 0.370 bits per heavy atom. The van der Waals surface area contributed by atoms with Gasteiger partial charge in [0.05, 0.1) is 0 Å². The summed E-state index contributed by atoms with van der Waals surface area (Å²) < 4.78 is 65.9. The van der Waals surface area contributed by atoms with Gasteiger partial charge in [0.2, 0.25) is 10.7 Å². The van der Waals surface area contributed by atoms with Gasteiger partial charge in [-0.3, -0.25) is 0 Å². The van der Waals surface area contributed by atoms with Crippen molar-refractivity contribution in [1.29, 1.82) is 0 Å². The monoisotopic (exact) mass is 762 g/mol. The van der Waals surface area contributed by atoms with E-state index in [2.05, 4.69) is 6.92 Å². The number of para-hydroxylation sites is 4. The molecule has 0 spiro atoms. The van der Waals surface area contributed by atoms with Gasteiger partial charge in [-0.1, -0.05) is 104 Å². The quantitative estimate of drug-likeness (QED) is 0.0901. The molecule has 0 amide bonds. The third-order valence-corrected chi connectivity index (χ3v) is 13.3. The molecule has 0 bridgehead atoms. The van der Waals surface area contributed by atoms with Crippen LogP contribution in [-0.2, 0) is 9.13 Å². The van der Waals surface area contributed by atoms with Gasteiger partial charge in [0.25, 0.3) is 0 Å². The topological polar surface area (TPSA) is 89.5 Å². The van der Waals surface area contributed by atoms with Gasteiger partial charge in [0, 0.05) is 5.92 Å². The van der Waals surface area contributed by atoms with Crippen LogP contribution < -0.4 is 27.6 Å². The first kappa shape index (κ1) is 38.3. The van der Waals surface area contributed by atoms with Crippen molar-refractivity contribution in [2.45, 2.75) is 51.2 Å². The maximum Gasteiger partial charge on any atom is 0.473 e.